The van der Waals surface area contributed by atoms with Crippen molar-refractivity contribution in [2.75, 3.05) is 46.8 Å². The number of piperidine rings is 1. The fourth-order valence-electron chi connectivity index (χ4n) is 2.99. The van der Waals surface area contributed by atoms with Crippen molar-refractivity contribution in [2.24, 2.45) is 4.99 Å². The Morgan fingerprint density at radius 2 is 1.96 bits per heavy atom. The van der Waals surface area contributed by atoms with Crippen molar-refractivity contribution in [3.8, 4) is 0 Å². The highest BCUT2D eigenvalue weighted by molar-refractivity contribution is 9.10. The first-order valence-corrected chi connectivity index (χ1v) is 10.0. The van der Waals surface area contributed by atoms with E-state index in [1.165, 1.54) is 5.56 Å². The van der Waals surface area contributed by atoms with E-state index in [0.29, 0.717) is 6.04 Å². The molecule has 2 N–H and O–H groups in total. The van der Waals surface area contributed by atoms with Crippen molar-refractivity contribution >= 4 is 21.9 Å². The van der Waals surface area contributed by atoms with Crippen LogP contribution in [0, 0.1) is 0 Å². The molecule has 1 fully saturated rings. The molecule has 1 aliphatic heterocycles. The second-order valence-electron chi connectivity index (χ2n) is 6.72. The van der Waals surface area contributed by atoms with Crippen molar-refractivity contribution in [1.29, 1.82) is 0 Å². The lowest BCUT2D eigenvalue weighted by atomic mass is 10.0. The van der Waals surface area contributed by atoms with Crippen molar-refractivity contribution in [3.05, 3.63) is 34.3 Å². The summed E-state index contributed by atoms with van der Waals surface area (Å²) in [6.45, 7) is 8.50. The molecular formula is C19H32BrN5. The zero-order valence-corrected chi connectivity index (χ0v) is 17.3. The third-order valence-corrected chi connectivity index (χ3v) is 5.33. The van der Waals surface area contributed by atoms with Crippen molar-refractivity contribution in [2.45, 2.75) is 32.4 Å². The first kappa shape index (κ1) is 20.2. The Bertz CT molecular complexity index is 523. The van der Waals surface area contributed by atoms with Gasteiger partial charge in [0.1, 0.15) is 0 Å². The number of guanidine groups is 1. The van der Waals surface area contributed by atoms with Gasteiger partial charge in [-0.25, -0.2) is 0 Å². The molecule has 0 saturated carbocycles. The molecule has 6 heteroatoms. The highest BCUT2D eigenvalue weighted by atomic mass is 79.9. The lowest BCUT2D eigenvalue weighted by molar-refractivity contribution is 0.198. The van der Waals surface area contributed by atoms with Gasteiger partial charge in [0.25, 0.3) is 0 Å². The monoisotopic (exact) mass is 409 g/mol. The van der Waals surface area contributed by atoms with Crippen LogP contribution in [0.1, 0.15) is 25.3 Å². The van der Waals surface area contributed by atoms with E-state index in [1.807, 2.05) is 7.05 Å². The van der Waals surface area contributed by atoms with Crippen LogP contribution in [0.3, 0.4) is 0 Å². The molecule has 0 bridgehead atoms. The Kier molecular flexibility index (Phi) is 8.72. The van der Waals surface area contributed by atoms with E-state index < -0.39 is 0 Å². The molecule has 0 spiro atoms. The third-order valence-electron chi connectivity index (χ3n) is 4.80. The molecule has 0 radical (unpaired) electrons. The summed E-state index contributed by atoms with van der Waals surface area (Å²) in [6, 6.07) is 9.15. The molecule has 5 nitrogen and oxygen atoms in total. The van der Waals surface area contributed by atoms with Gasteiger partial charge in [-0.2, -0.15) is 0 Å². The zero-order chi connectivity index (χ0) is 18.1. The van der Waals surface area contributed by atoms with E-state index in [9.17, 15) is 0 Å². The molecule has 0 atom stereocenters. The van der Waals surface area contributed by atoms with Crippen LogP contribution in [0.15, 0.2) is 33.7 Å². The number of benzene rings is 1. The van der Waals surface area contributed by atoms with Gasteiger partial charge in [-0.15, -0.1) is 0 Å². The van der Waals surface area contributed by atoms with E-state index in [-0.39, 0.29) is 0 Å². The Morgan fingerprint density at radius 3 is 2.56 bits per heavy atom. The molecule has 0 unspecified atom stereocenters. The maximum atomic E-state index is 4.36. The van der Waals surface area contributed by atoms with Gasteiger partial charge in [-0.3, -0.25) is 9.89 Å². The van der Waals surface area contributed by atoms with Gasteiger partial charge in [-0.05, 0) is 44.1 Å². The van der Waals surface area contributed by atoms with E-state index in [0.717, 1.165) is 62.5 Å². The molecule has 1 aromatic carbocycles. The average molecular weight is 410 g/mol. The average Bonchev–Trinajstić information content (AvgIpc) is 2.64. The van der Waals surface area contributed by atoms with E-state index in [4.69, 9.17) is 0 Å². The van der Waals surface area contributed by atoms with Crippen LogP contribution in [0.2, 0.25) is 0 Å². The van der Waals surface area contributed by atoms with Crippen molar-refractivity contribution in [3.63, 3.8) is 0 Å². The SMILES string of the molecule is CCN(C)CCNC(=NC)NC1CCN(Cc2ccc(Br)cc2)CC1. The van der Waals surface area contributed by atoms with E-state index in [2.05, 4.69) is 79.6 Å². The number of hydrogen-bond donors (Lipinski definition) is 2. The molecule has 1 heterocycles. The highest BCUT2D eigenvalue weighted by Crippen LogP contribution is 2.16. The smallest absolute Gasteiger partial charge is 0.191 e. The second-order valence-corrected chi connectivity index (χ2v) is 7.63. The number of likely N-dealkylation sites (tertiary alicyclic amines) is 1. The summed E-state index contributed by atoms with van der Waals surface area (Å²) >= 11 is 3.50. The van der Waals surface area contributed by atoms with Gasteiger partial charge in [0.05, 0.1) is 0 Å². The van der Waals surface area contributed by atoms with Gasteiger partial charge >= 0.3 is 0 Å². The van der Waals surface area contributed by atoms with Gasteiger partial charge in [0.2, 0.25) is 0 Å². The number of hydrogen-bond acceptors (Lipinski definition) is 3. The summed E-state index contributed by atoms with van der Waals surface area (Å²) in [5.41, 5.74) is 1.38. The Balaban J connectivity index is 1.69. The van der Waals surface area contributed by atoms with Crippen molar-refractivity contribution < 1.29 is 0 Å². The van der Waals surface area contributed by atoms with Crippen LogP contribution in [-0.4, -0.2) is 68.6 Å². The number of halogens is 1. The second kappa shape index (κ2) is 10.8. The minimum absolute atomic E-state index is 0.510. The number of aliphatic imine (C=N–C) groups is 1. The summed E-state index contributed by atoms with van der Waals surface area (Å²) in [5, 5.41) is 6.99. The minimum atomic E-state index is 0.510. The minimum Gasteiger partial charge on any atom is -0.355 e. The lowest BCUT2D eigenvalue weighted by Gasteiger charge is -2.33. The van der Waals surface area contributed by atoms with Crippen molar-refractivity contribution in [1.82, 2.24) is 20.4 Å². The highest BCUT2D eigenvalue weighted by Gasteiger charge is 2.20. The topological polar surface area (TPSA) is 42.9 Å². The number of nitrogens with zero attached hydrogens (tertiary/aromatic N) is 3. The van der Waals surface area contributed by atoms with E-state index in [1.54, 1.807) is 0 Å². The number of likely N-dealkylation sites (N-methyl/N-ethyl adjacent to an activating group) is 1. The molecule has 0 amide bonds. The quantitative estimate of drug-likeness (QED) is 0.536. The molecule has 1 aromatic rings. The summed E-state index contributed by atoms with van der Waals surface area (Å²) in [6.07, 6.45) is 2.32. The molecule has 2 rings (SSSR count). The van der Waals surface area contributed by atoms with Crippen LogP contribution in [-0.2, 0) is 6.54 Å². The fourth-order valence-corrected chi connectivity index (χ4v) is 3.26. The largest absolute Gasteiger partial charge is 0.355 e. The molecule has 1 aliphatic rings. The maximum Gasteiger partial charge on any atom is 0.191 e. The number of rotatable bonds is 7. The van der Waals surface area contributed by atoms with Gasteiger partial charge in [0, 0.05) is 50.3 Å². The summed E-state index contributed by atoms with van der Waals surface area (Å²) < 4.78 is 1.14. The predicted molar refractivity (Wildman–Crippen MR) is 110 cm³/mol. The molecule has 25 heavy (non-hydrogen) atoms. The van der Waals surface area contributed by atoms with Crippen LogP contribution < -0.4 is 10.6 Å². The molecule has 0 aliphatic carbocycles. The van der Waals surface area contributed by atoms with Gasteiger partial charge < -0.3 is 15.5 Å². The Hall–Kier alpha value is -1.11. The zero-order valence-electron chi connectivity index (χ0n) is 15.8. The fraction of sp³-hybridized carbons (Fsp3) is 0.632. The van der Waals surface area contributed by atoms with Crippen LogP contribution in [0.25, 0.3) is 0 Å². The van der Waals surface area contributed by atoms with Crippen LogP contribution >= 0.6 is 15.9 Å². The summed E-state index contributed by atoms with van der Waals surface area (Å²) in [4.78, 5) is 9.19. The molecular weight excluding hydrogens is 378 g/mol. The third kappa shape index (κ3) is 7.34. The standard InChI is InChI=1S/C19H32BrN5/c1-4-24(3)14-11-22-19(21-2)23-18-9-12-25(13-10-18)15-16-5-7-17(20)8-6-16/h5-8,18H,4,9-15H2,1-3H3,(H2,21,22,23). The van der Waals surface area contributed by atoms with Gasteiger partial charge in [0.15, 0.2) is 5.96 Å². The lowest BCUT2D eigenvalue weighted by Crippen LogP contribution is -2.49. The van der Waals surface area contributed by atoms with Crippen LogP contribution in [0.4, 0.5) is 0 Å². The van der Waals surface area contributed by atoms with E-state index >= 15 is 0 Å². The summed E-state index contributed by atoms with van der Waals surface area (Å²) in [5.74, 6) is 0.927. The Labute approximate surface area is 161 Å². The molecule has 140 valence electrons. The summed E-state index contributed by atoms with van der Waals surface area (Å²) in [7, 11) is 3.99. The first-order valence-electron chi connectivity index (χ1n) is 9.23. The first-order chi connectivity index (χ1) is 12.1. The Morgan fingerprint density at radius 1 is 1.28 bits per heavy atom. The van der Waals surface area contributed by atoms with Crippen LogP contribution in [0.5, 0.6) is 0 Å². The molecule has 0 aromatic heterocycles. The number of nitrogens with one attached hydrogen (secondary N) is 2. The predicted octanol–water partition coefficient (Wildman–Crippen LogP) is 2.53. The van der Waals surface area contributed by atoms with Gasteiger partial charge in [-0.1, -0.05) is 35.0 Å². The maximum absolute atomic E-state index is 4.36. The molecule has 1 saturated heterocycles. The normalized spacial score (nSPS) is 17.1.